The second-order valence-corrected chi connectivity index (χ2v) is 12.9. The van der Waals surface area contributed by atoms with E-state index in [9.17, 15) is 18.0 Å². The number of hydrogen-bond donors (Lipinski definition) is 2. The molecule has 1 aliphatic rings. The first-order valence-electron chi connectivity index (χ1n) is 11.9. The van der Waals surface area contributed by atoms with Crippen LogP contribution in [0.1, 0.15) is 53.9 Å². The zero-order valence-corrected chi connectivity index (χ0v) is 23.1. The smallest absolute Gasteiger partial charge is 0.260 e. The van der Waals surface area contributed by atoms with Crippen molar-refractivity contribution in [1.82, 2.24) is 15.3 Å². The largest absolute Gasteiger partial charge is 0.350 e. The molecule has 2 N–H and O–H groups in total. The third-order valence-electron chi connectivity index (χ3n) is 5.70. The molecule has 3 atom stereocenters. The van der Waals surface area contributed by atoms with E-state index in [2.05, 4.69) is 10.9 Å². The highest BCUT2D eigenvalue weighted by molar-refractivity contribution is 8.00. The van der Waals surface area contributed by atoms with Gasteiger partial charge in [-0.1, -0.05) is 45.9 Å². The maximum Gasteiger partial charge on any atom is 0.260 e. The van der Waals surface area contributed by atoms with Crippen molar-refractivity contribution < 1.29 is 27.6 Å². The van der Waals surface area contributed by atoms with Crippen LogP contribution in [0.15, 0.2) is 35.2 Å². The Kier molecular flexibility index (Phi) is 11.0. The highest BCUT2D eigenvalue weighted by Crippen LogP contribution is 2.41. The normalized spacial score (nSPS) is 19.4. The lowest BCUT2D eigenvalue weighted by Gasteiger charge is -2.38. The summed E-state index contributed by atoms with van der Waals surface area (Å²) in [6, 6.07) is 9.47. The fourth-order valence-electron chi connectivity index (χ4n) is 3.78. The minimum Gasteiger partial charge on any atom is -0.350 e. The van der Waals surface area contributed by atoms with Crippen LogP contribution in [0.4, 0.5) is 0 Å². The van der Waals surface area contributed by atoms with E-state index < -0.39 is 38.8 Å². The Labute approximate surface area is 213 Å². The molecule has 2 rings (SSSR count). The number of nitrogens with one attached hydrogen (secondary N) is 2. The second-order valence-electron chi connectivity index (χ2n) is 9.77. The minimum absolute atomic E-state index is 0.0449. The molecule has 1 aliphatic heterocycles. The van der Waals surface area contributed by atoms with Gasteiger partial charge in [-0.2, -0.15) is 0 Å². The van der Waals surface area contributed by atoms with Crippen LogP contribution in [0.3, 0.4) is 0 Å². The van der Waals surface area contributed by atoms with Crippen LogP contribution >= 0.6 is 11.8 Å². The lowest BCUT2D eigenvalue weighted by Crippen LogP contribution is -2.60. The summed E-state index contributed by atoms with van der Waals surface area (Å²) in [4.78, 5) is 33.8. The van der Waals surface area contributed by atoms with E-state index in [1.165, 1.54) is 18.7 Å². The number of hydroxylamine groups is 1. The number of rotatable bonds is 12. The summed E-state index contributed by atoms with van der Waals surface area (Å²) in [5.41, 5.74) is 3.28. The van der Waals surface area contributed by atoms with E-state index in [1.807, 2.05) is 58.0 Å². The number of carbonyl (C=O) groups is 2. The molecule has 2 amide bonds. The fraction of sp³-hybridized carbons (Fsp3) is 0.667. The maximum absolute atomic E-state index is 13.8. The van der Waals surface area contributed by atoms with Gasteiger partial charge in [0.05, 0.1) is 6.26 Å². The molecule has 0 radical (unpaired) electrons. The zero-order chi connectivity index (χ0) is 26.2. The molecule has 0 saturated carbocycles. The predicted molar refractivity (Wildman–Crippen MR) is 136 cm³/mol. The van der Waals surface area contributed by atoms with Crippen molar-refractivity contribution in [1.29, 1.82) is 0 Å². The number of benzene rings is 1. The Morgan fingerprint density at radius 1 is 1.17 bits per heavy atom. The van der Waals surface area contributed by atoms with Crippen LogP contribution in [0.2, 0.25) is 0 Å². The number of carbonyl (C=O) groups excluding carboxylic acids is 2. The van der Waals surface area contributed by atoms with E-state index in [0.29, 0.717) is 13.0 Å². The van der Waals surface area contributed by atoms with E-state index in [-0.39, 0.29) is 18.4 Å². The van der Waals surface area contributed by atoms with Gasteiger partial charge >= 0.3 is 0 Å². The third-order valence-corrected chi connectivity index (χ3v) is 8.56. The molecular weight excluding hydrogens is 490 g/mol. The molecule has 1 saturated heterocycles. The van der Waals surface area contributed by atoms with Crippen molar-refractivity contribution in [2.45, 2.75) is 70.3 Å². The summed E-state index contributed by atoms with van der Waals surface area (Å²) in [5.74, 6) is -1.55. The summed E-state index contributed by atoms with van der Waals surface area (Å²) in [7, 11) is -3.76. The molecule has 1 fully saturated rings. The Balaban J connectivity index is 2.39. The van der Waals surface area contributed by atoms with Gasteiger partial charge < -0.3 is 4.74 Å². The molecular formula is C24H39N3O6S2. The molecule has 11 heteroatoms. The average Bonchev–Trinajstić information content (AvgIpc) is 2.80. The van der Waals surface area contributed by atoms with Crippen molar-refractivity contribution in [2.75, 3.05) is 19.4 Å². The van der Waals surface area contributed by atoms with Crippen molar-refractivity contribution in [3.05, 3.63) is 30.3 Å². The Morgan fingerprint density at radius 3 is 2.34 bits per heavy atom. The molecule has 1 aromatic carbocycles. The van der Waals surface area contributed by atoms with Crippen molar-refractivity contribution in [2.24, 2.45) is 17.3 Å². The van der Waals surface area contributed by atoms with Gasteiger partial charge in [-0.05, 0) is 43.7 Å². The van der Waals surface area contributed by atoms with Crippen molar-refractivity contribution in [3.63, 3.8) is 0 Å². The molecule has 0 aromatic heterocycles. The van der Waals surface area contributed by atoms with E-state index in [1.54, 1.807) is 0 Å². The molecule has 3 unspecified atom stereocenters. The summed E-state index contributed by atoms with van der Waals surface area (Å²) in [5, 5.41) is -0.541. The summed E-state index contributed by atoms with van der Waals surface area (Å²) < 4.78 is 31.2. The molecule has 35 heavy (non-hydrogen) atoms. The Hall–Kier alpha value is -1.66. The van der Waals surface area contributed by atoms with Crippen LogP contribution in [-0.4, -0.2) is 55.6 Å². The molecule has 0 bridgehead atoms. The van der Waals surface area contributed by atoms with E-state index >= 15 is 0 Å². The van der Waals surface area contributed by atoms with Gasteiger partial charge in [0.1, 0.15) is 5.41 Å². The molecule has 9 nitrogen and oxygen atoms in total. The summed E-state index contributed by atoms with van der Waals surface area (Å²) in [6.07, 6.45) is 2.90. The van der Waals surface area contributed by atoms with Gasteiger partial charge in [0.15, 0.2) is 6.29 Å². The summed E-state index contributed by atoms with van der Waals surface area (Å²) in [6.45, 7) is 9.67. The average molecular weight is 530 g/mol. The van der Waals surface area contributed by atoms with Crippen molar-refractivity contribution in [3.8, 4) is 0 Å². The SMILES string of the molecule is CC(C)CN(NC(=O)C(C)(C(=O)NOC1CCCCO1)C(Sc1ccccc1)C(C)C)S(C)(=O)=O. The van der Waals surface area contributed by atoms with Crippen LogP contribution in [0.25, 0.3) is 0 Å². The lowest BCUT2D eigenvalue weighted by atomic mass is 9.79. The molecule has 0 aliphatic carbocycles. The summed E-state index contributed by atoms with van der Waals surface area (Å²) >= 11 is 1.39. The first-order valence-corrected chi connectivity index (χ1v) is 14.7. The lowest BCUT2D eigenvalue weighted by molar-refractivity contribution is -0.205. The van der Waals surface area contributed by atoms with Crippen LogP contribution in [0.5, 0.6) is 0 Å². The van der Waals surface area contributed by atoms with Crippen LogP contribution in [-0.2, 0) is 29.2 Å². The first-order chi connectivity index (χ1) is 16.4. The first kappa shape index (κ1) is 29.6. The van der Waals surface area contributed by atoms with Crippen LogP contribution < -0.4 is 10.9 Å². The second kappa shape index (κ2) is 13.0. The minimum atomic E-state index is -3.76. The number of amides is 2. The topological polar surface area (TPSA) is 114 Å². The third kappa shape index (κ3) is 8.45. The van der Waals surface area contributed by atoms with E-state index in [4.69, 9.17) is 9.57 Å². The fourth-order valence-corrected chi connectivity index (χ4v) is 5.93. The Bertz CT molecular complexity index is 936. The number of nitrogens with zero attached hydrogens (tertiary/aromatic N) is 1. The standard InChI is InChI=1S/C24H39N3O6S2/c1-17(2)16-27(35(6,30)31)25-22(28)24(5,23(29)26-33-20-14-10-11-15-32-20)21(18(3)4)34-19-12-8-7-9-13-19/h7-9,12-13,17-18,20-21H,10-11,14-16H2,1-6H3,(H,25,28)(H,26,29). The number of thioether (sulfide) groups is 1. The molecule has 0 spiro atoms. The van der Waals surface area contributed by atoms with Crippen molar-refractivity contribution >= 4 is 33.6 Å². The zero-order valence-electron chi connectivity index (χ0n) is 21.4. The van der Waals surface area contributed by atoms with Gasteiger partial charge in [-0.3, -0.25) is 15.0 Å². The van der Waals surface area contributed by atoms with Crippen LogP contribution in [0, 0.1) is 17.3 Å². The van der Waals surface area contributed by atoms with Gasteiger partial charge in [0, 0.05) is 29.7 Å². The van der Waals surface area contributed by atoms with Gasteiger partial charge in [-0.25, -0.2) is 18.7 Å². The highest BCUT2D eigenvalue weighted by atomic mass is 32.2. The number of ether oxygens (including phenoxy) is 1. The number of sulfonamides is 1. The number of hydrazine groups is 1. The van der Waals surface area contributed by atoms with Gasteiger partial charge in [-0.15, -0.1) is 16.2 Å². The van der Waals surface area contributed by atoms with Gasteiger partial charge in [0.2, 0.25) is 10.0 Å². The quantitative estimate of drug-likeness (QED) is 0.242. The molecule has 198 valence electrons. The maximum atomic E-state index is 13.8. The highest BCUT2D eigenvalue weighted by Gasteiger charge is 2.51. The van der Waals surface area contributed by atoms with E-state index in [0.717, 1.165) is 28.4 Å². The molecule has 1 heterocycles. The Morgan fingerprint density at radius 2 is 1.83 bits per heavy atom. The molecule has 1 aromatic rings. The van der Waals surface area contributed by atoms with Gasteiger partial charge in [0.25, 0.3) is 11.8 Å². The predicted octanol–water partition coefficient (Wildman–Crippen LogP) is 3.33. The monoisotopic (exact) mass is 529 g/mol. The number of hydrogen-bond acceptors (Lipinski definition) is 7.